The summed E-state index contributed by atoms with van der Waals surface area (Å²) in [6.07, 6.45) is 0. The van der Waals surface area contributed by atoms with Crippen molar-refractivity contribution in [1.82, 2.24) is 20.2 Å². The first kappa shape index (κ1) is 16.5. The molecule has 0 unspecified atom stereocenters. The van der Waals surface area contributed by atoms with Gasteiger partial charge in [0.15, 0.2) is 0 Å². The van der Waals surface area contributed by atoms with Gasteiger partial charge in [-0.05, 0) is 34.7 Å². The number of aromatic nitrogens is 4. The number of nitrogens with zero attached hydrogens (tertiary/aromatic N) is 4. The highest BCUT2D eigenvalue weighted by Gasteiger charge is 2.09. The lowest BCUT2D eigenvalue weighted by atomic mass is 10.2. The topological polar surface area (TPSA) is 69.4 Å². The monoisotopic (exact) mass is 342 g/mol. The van der Waals surface area contributed by atoms with Gasteiger partial charge in [-0.2, -0.15) is 4.68 Å². The van der Waals surface area contributed by atoms with Crippen LogP contribution in [0.15, 0.2) is 59.8 Å². The maximum absolute atomic E-state index is 5.37. The van der Waals surface area contributed by atoms with Crippen LogP contribution in [-0.4, -0.2) is 39.6 Å². The smallest absolute Gasteiger partial charge is 0.214 e. The number of hydrogen-bond donors (Lipinski definition) is 1. The minimum absolute atomic E-state index is 0.812. The van der Waals surface area contributed by atoms with E-state index in [0.717, 1.165) is 35.4 Å². The zero-order valence-corrected chi connectivity index (χ0v) is 14.3. The molecule has 2 N–H and O–H groups in total. The maximum Gasteiger partial charge on any atom is 0.214 e. The Balaban J connectivity index is 1.49. The molecule has 0 saturated heterocycles. The molecule has 0 amide bonds. The second-order valence-electron chi connectivity index (χ2n) is 5.15. The van der Waals surface area contributed by atoms with Crippen molar-refractivity contribution in [3.05, 3.63) is 60.2 Å². The molecule has 0 bridgehead atoms. The molecular formula is C17H20N5OS+. The summed E-state index contributed by atoms with van der Waals surface area (Å²) in [4.78, 5) is 0. The number of quaternary nitrogens is 1. The quantitative estimate of drug-likeness (QED) is 0.497. The van der Waals surface area contributed by atoms with Crippen LogP contribution in [-0.2, 0) is 6.54 Å². The summed E-state index contributed by atoms with van der Waals surface area (Å²) in [5.41, 5.74) is 2.18. The molecule has 3 aromatic rings. The van der Waals surface area contributed by atoms with E-state index in [9.17, 15) is 0 Å². The van der Waals surface area contributed by atoms with E-state index >= 15 is 0 Å². The van der Waals surface area contributed by atoms with Gasteiger partial charge in [0.1, 0.15) is 12.3 Å². The molecule has 124 valence electrons. The van der Waals surface area contributed by atoms with E-state index < -0.39 is 0 Å². The van der Waals surface area contributed by atoms with Gasteiger partial charge in [-0.1, -0.05) is 42.1 Å². The van der Waals surface area contributed by atoms with Gasteiger partial charge in [-0.25, -0.2) is 0 Å². The van der Waals surface area contributed by atoms with Crippen molar-refractivity contribution in [3.63, 3.8) is 0 Å². The summed E-state index contributed by atoms with van der Waals surface area (Å²) in [7, 11) is 1.71. The van der Waals surface area contributed by atoms with Gasteiger partial charge >= 0.3 is 0 Å². The number of tetrazole rings is 1. The number of rotatable bonds is 8. The second-order valence-corrected chi connectivity index (χ2v) is 6.21. The molecule has 0 aliphatic heterocycles. The first-order valence-corrected chi connectivity index (χ1v) is 8.77. The van der Waals surface area contributed by atoms with Gasteiger partial charge in [0.05, 0.1) is 25.1 Å². The molecule has 0 aliphatic rings. The van der Waals surface area contributed by atoms with Crippen molar-refractivity contribution in [2.24, 2.45) is 0 Å². The Kier molecular flexibility index (Phi) is 5.81. The first-order valence-electron chi connectivity index (χ1n) is 7.78. The van der Waals surface area contributed by atoms with Gasteiger partial charge < -0.3 is 10.1 Å². The number of nitrogens with two attached hydrogens (primary N) is 1. The van der Waals surface area contributed by atoms with Crippen LogP contribution >= 0.6 is 11.8 Å². The fourth-order valence-corrected chi connectivity index (χ4v) is 3.19. The van der Waals surface area contributed by atoms with Gasteiger partial charge in [0, 0.05) is 5.56 Å². The Hall–Kier alpha value is -2.38. The molecule has 0 fully saturated rings. The summed E-state index contributed by atoms with van der Waals surface area (Å²) in [5, 5.41) is 15.0. The van der Waals surface area contributed by atoms with Gasteiger partial charge in [0.2, 0.25) is 5.16 Å². The van der Waals surface area contributed by atoms with E-state index in [2.05, 4.69) is 26.9 Å². The second kappa shape index (κ2) is 8.47. The lowest BCUT2D eigenvalue weighted by Crippen LogP contribution is -2.83. The summed E-state index contributed by atoms with van der Waals surface area (Å²) in [5.74, 6) is 1.87. The molecule has 0 atom stereocenters. The summed E-state index contributed by atoms with van der Waals surface area (Å²) >= 11 is 1.66. The third-order valence-corrected chi connectivity index (χ3v) is 4.50. The van der Waals surface area contributed by atoms with Crippen LogP contribution in [0.25, 0.3) is 5.69 Å². The van der Waals surface area contributed by atoms with E-state index in [4.69, 9.17) is 4.74 Å². The molecule has 0 aliphatic carbocycles. The van der Waals surface area contributed by atoms with Crippen LogP contribution in [0.4, 0.5) is 0 Å². The van der Waals surface area contributed by atoms with Crippen LogP contribution < -0.4 is 10.1 Å². The average Bonchev–Trinajstić information content (AvgIpc) is 3.11. The fraction of sp³-hybridized carbons (Fsp3) is 0.235. The van der Waals surface area contributed by atoms with Crippen LogP contribution in [0, 0.1) is 0 Å². The molecule has 0 spiro atoms. The Bertz CT molecular complexity index is 762. The van der Waals surface area contributed by atoms with Crippen molar-refractivity contribution in [2.75, 3.05) is 19.4 Å². The van der Waals surface area contributed by atoms with E-state index in [0.29, 0.717) is 0 Å². The van der Waals surface area contributed by atoms with Crippen molar-refractivity contribution in [2.45, 2.75) is 11.7 Å². The molecule has 3 rings (SSSR count). The lowest BCUT2D eigenvalue weighted by Gasteiger charge is -2.07. The highest BCUT2D eigenvalue weighted by molar-refractivity contribution is 7.99. The third kappa shape index (κ3) is 4.12. The zero-order chi connectivity index (χ0) is 16.6. The Morgan fingerprint density at radius 2 is 1.88 bits per heavy atom. The minimum atomic E-state index is 0.812. The highest BCUT2D eigenvalue weighted by atomic mass is 32.2. The van der Waals surface area contributed by atoms with Crippen molar-refractivity contribution < 1.29 is 10.1 Å². The minimum Gasteiger partial charge on any atom is -0.496 e. The average molecular weight is 342 g/mol. The molecule has 1 aromatic heterocycles. The standard InChI is InChI=1S/C17H19N5OS/c1-23-16-10-6-5-7-14(16)13-18-11-12-24-17-19-20-21-22(17)15-8-3-2-4-9-15/h2-10,18H,11-13H2,1H3/p+1. The van der Waals surface area contributed by atoms with Crippen LogP contribution in [0.2, 0.25) is 0 Å². The Labute approximate surface area is 145 Å². The predicted octanol–water partition coefficient (Wildman–Crippen LogP) is 1.53. The zero-order valence-electron chi connectivity index (χ0n) is 13.5. The number of benzene rings is 2. The van der Waals surface area contributed by atoms with Gasteiger partial charge in [-0.3, -0.25) is 0 Å². The molecule has 2 aromatic carbocycles. The fourth-order valence-electron chi connectivity index (χ4n) is 2.36. The van der Waals surface area contributed by atoms with E-state index in [-0.39, 0.29) is 0 Å². The Morgan fingerprint density at radius 3 is 2.71 bits per heavy atom. The molecule has 6 nitrogen and oxygen atoms in total. The van der Waals surface area contributed by atoms with Crippen LogP contribution in [0.5, 0.6) is 5.75 Å². The van der Waals surface area contributed by atoms with E-state index in [1.807, 2.05) is 48.5 Å². The lowest BCUT2D eigenvalue weighted by molar-refractivity contribution is -0.666. The molecule has 0 saturated carbocycles. The third-order valence-electron chi connectivity index (χ3n) is 3.55. The molecule has 24 heavy (non-hydrogen) atoms. The summed E-state index contributed by atoms with van der Waals surface area (Å²) in [6, 6.07) is 18.0. The number of thioether (sulfide) groups is 1. The number of methoxy groups -OCH3 is 1. The van der Waals surface area contributed by atoms with Crippen LogP contribution in [0.1, 0.15) is 5.56 Å². The highest BCUT2D eigenvalue weighted by Crippen LogP contribution is 2.17. The number of ether oxygens (including phenoxy) is 1. The van der Waals surface area contributed by atoms with Gasteiger partial charge in [0.25, 0.3) is 0 Å². The summed E-state index contributed by atoms with van der Waals surface area (Å²) in [6.45, 7) is 1.87. The van der Waals surface area contributed by atoms with Crippen molar-refractivity contribution >= 4 is 11.8 Å². The molecule has 1 heterocycles. The SMILES string of the molecule is COc1ccccc1C[NH2+]CCSc1nnnn1-c1ccccc1. The van der Waals surface area contributed by atoms with Gasteiger partial charge in [-0.15, -0.1) is 5.10 Å². The Morgan fingerprint density at radius 1 is 1.08 bits per heavy atom. The van der Waals surface area contributed by atoms with E-state index in [1.54, 1.807) is 23.6 Å². The largest absolute Gasteiger partial charge is 0.496 e. The van der Waals surface area contributed by atoms with Crippen LogP contribution in [0.3, 0.4) is 0 Å². The summed E-state index contributed by atoms with van der Waals surface area (Å²) < 4.78 is 7.14. The number of hydrogen-bond acceptors (Lipinski definition) is 5. The van der Waals surface area contributed by atoms with Crippen molar-refractivity contribution in [3.8, 4) is 11.4 Å². The molecule has 0 radical (unpaired) electrons. The number of para-hydroxylation sites is 2. The normalized spacial score (nSPS) is 10.7. The predicted molar refractivity (Wildman–Crippen MR) is 93.4 cm³/mol. The first-order chi connectivity index (χ1) is 11.9. The molecule has 7 heteroatoms. The van der Waals surface area contributed by atoms with Crippen molar-refractivity contribution in [1.29, 1.82) is 0 Å². The van der Waals surface area contributed by atoms with E-state index in [1.165, 1.54) is 5.56 Å². The molecular weight excluding hydrogens is 322 g/mol. The maximum atomic E-state index is 5.37.